The first-order valence-electron chi connectivity index (χ1n) is 5.36. The van der Waals surface area contributed by atoms with E-state index in [0.717, 1.165) is 16.4 Å². The molecule has 2 aromatic carbocycles. The lowest BCUT2D eigenvalue weighted by Gasteiger charge is -1.92. The second kappa shape index (κ2) is 5.68. The molecule has 0 saturated carbocycles. The van der Waals surface area contributed by atoms with Gasteiger partial charge in [-0.15, -0.1) is 12.6 Å². The molecule has 86 valence electrons. The van der Waals surface area contributed by atoms with Crippen LogP contribution in [0.3, 0.4) is 0 Å². The zero-order valence-corrected chi connectivity index (χ0v) is 10.5. The van der Waals surface area contributed by atoms with Gasteiger partial charge in [0.1, 0.15) is 11.5 Å². The molecular formula is C13H13BO2S. The molecule has 0 unspecified atom stereocenters. The van der Waals surface area contributed by atoms with Gasteiger partial charge in [0.25, 0.3) is 0 Å². The van der Waals surface area contributed by atoms with Crippen molar-refractivity contribution in [1.82, 2.24) is 0 Å². The Kier molecular flexibility index (Phi) is 3.99. The van der Waals surface area contributed by atoms with E-state index in [1.807, 2.05) is 48.5 Å². The number of hydrogen-bond donors (Lipinski definition) is 1. The standard InChI is InChI=1S/C7H8S.C6H5BO2/c1-6-2-4-7(8)5-3-6;1-2-4-6-5(3-1)8-7-9-6/h2-5,8H,1H3;1-4,7H. The number of hydrogen-bond acceptors (Lipinski definition) is 3. The fourth-order valence-electron chi connectivity index (χ4n) is 1.39. The van der Waals surface area contributed by atoms with Gasteiger partial charge in [-0.3, -0.25) is 0 Å². The van der Waals surface area contributed by atoms with Crippen LogP contribution in [-0.4, -0.2) is 7.69 Å². The highest BCUT2D eigenvalue weighted by Gasteiger charge is 2.12. The van der Waals surface area contributed by atoms with Crippen molar-refractivity contribution in [3.63, 3.8) is 0 Å². The largest absolute Gasteiger partial charge is 0.576 e. The van der Waals surface area contributed by atoms with E-state index in [2.05, 4.69) is 19.6 Å². The minimum absolute atomic E-state index is 0.360. The summed E-state index contributed by atoms with van der Waals surface area (Å²) in [7, 11) is 0.360. The maximum Gasteiger partial charge on any atom is 0.576 e. The van der Waals surface area contributed by atoms with Gasteiger partial charge in [-0.25, -0.2) is 0 Å². The van der Waals surface area contributed by atoms with Crippen molar-refractivity contribution in [1.29, 1.82) is 0 Å². The van der Waals surface area contributed by atoms with Gasteiger partial charge in [0.15, 0.2) is 0 Å². The van der Waals surface area contributed by atoms with Crippen LogP contribution in [-0.2, 0) is 0 Å². The van der Waals surface area contributed by atoms with Gasteiger partial charge in [-0.1, -0.05) is 29.8 Å². The lowest BCUT2D eigenvalue weighted by atomic mass is 10.2. The minimum atomic E-state index is 0.360. The first kappa shape index (κ1) is 11.9. The Hall–Kier alpha value is -1.55. The van der Waals surface area contributed by atoms with E-state index < -0.39 is 0 Å². The summed E-state index contributed by atoms with van der Waals surface area (Å²) in [6.45, 7) is 2.06. The van der Waals surface area contributed by atoms with Crippen LogP contribution in [0, 0.1) is 6.92 Å². The molecule has 0 aromatic heterocycles. The highest BCUT2D eigenvalue weighted by Crippen LogP contribution is 2.29. The summed E-state index contributed by atoms with van der Waals surface area (Å²) in [6.07, 6.45) is 0. The fourth-order valence-corrected chi connectivity index (χ4v) is 1.54. The number of fused-ring (bicyclic) bond motifs is 1. The molecule has 1 aliphatic heterocycles. The normalized spacial score (nSPS) is 11.2. The number of rotatable bonds is 0. The topological polar surface area (TPSA) is 18.5 Å². The van der Waals surface area contributed by atoms with Crippen LogP contribution >= 0.6 is 12.6 Å². The molecule has 0 aliphatic carbocycles. The highest BCUT2D eigenvalue weighted by molar-refractivity contribution is 7.80. The molecule has 0 radical (unpaired) electrons. The summed E-state index contributed by atoms with van der Waals surface area (Å²) in [5.74, 6) is 1.69. The zero-order valence-electron chi connectivity index (χ0n) is 9.59. The van der Waals surface area contributed by atoms with Crippen LogP contribution < -0.4 is 9.31 Å². The summed E-state index contributed by atoms with van der Waals surface area (Å²) in [5, 5.41) is 0. The Morgan fingerprint density at radius 1 is 0.882 bits per heavy atom. The third kappa shape index (κ3) is 3.46. The molecule has 0 fully saturated rings. The van der Waals surface area contributed by atoms with E-state index in [0.29, 0.717) is 7.69 Å². The molecule has 0 saturated heterocycles. The summed E-state index contributed by atoms with van der Waals surface area (Å²) in [4.78, 5) is 1.02. The molecule has 0 bridgehead atoms. The number of para-hydroxylation sites is 2. The maximum atomic E-state index is 5.08. The molecule has 2 aromatic rings. The Bertz CT molecular complexity index is 441. The first-order chi connectivity index (χ1) is 8.25. The molecule has 3 rings (SSSR count). The molecule has 0 atom stereocenters. The third-order valence-corrected chi connectivity index (χ3v) is 2.61. The number of thiol groups is 1. The van der Waals surface area contributed by atoms with Gasteiger partial charge in [0.2, 0.25) is 0 Å². The zero-order chi connectivity index (χ0) is 12.1. The lowest BCUT2D eigenvalue weighted by Crippen LogP contribution is -1.99. The second-order valence-electron chi connectivity index (χ2n) is 3.69. The van der Waals surface area contributed by atoms with Crippen LogP contribution in [0.2, 0.25) is 0 Å². The second-order valence-corrected chi connectivity index (χ2v) is 4.21. The molecule has 1 heterocycles. The molecule has 1 aliphatic rings. The van der Waals surface area contributed by atoms with E-state index in [1.165, 1.54) is 5.56 Å². The summed E-state index contributed by atoms with van der Waals surface area (Å²) >= 11 is 4.13. The van der Waals surface area contributed by atoms with Gasteiger partial charge in [-0.05, 0) is 31.2 Å². The van der Waals surface area contributed by atoms with Crippen molar-refractivity contribution in [3.8, 4) is 11.5 Å². The summed E-state index contributed by atoms with van der Waals surface area (Å²) < 4.78 is 10.2. The Balaban J connectivity index is 0.000000128. The SMILES string of the molecule is B1Oc2ccccc2O1.Cc1ccc(S)cc1. The van der Waals surface area contributed by atoms with Gasteiger partial charge in [0.05, 0.1) is 0 Å². The third-order valence-electron chi connectivity index (χ3n) is 2.31. The van der Waals surface area contributed by atoms with Crippen LogP contribution in [0.25, 0.3) is 0 Å². The van der Waals surface area contributed by atoms with E-state index in [9.17, 15) is 0 Å². The maximum absolute atomic E-state index is 5.08. The highest BCUT2D eigenvalue weighted by atomic mass is 32.1. The van der Waals surface area contributed by atoms with E-state index in [-0.39, 0.29) is 0 Å². The molecule has 2 nitrogen and oxygen atoms in total. The van der Waals surface area contributed by atoms with E-state index in [4.69, 9.17) is 9.31 Å². The number of aryl methyl sites for hydroxylation is 1. The van der Waals surface area contributed by atoms with Gasteiger partial charge in [0, 0.05) is 4.90 Å². The van der Waals surface area contributed by atoms with Gasteiger partial charge < -0.3 is 9.31 Å². The predicted octanol–water partition coefficient (Wildman–Crippen LogP) is 3.01. The van der Waals surface area contributed by atoms with Crippen LogP contribution in [0.5, 0.6) is 11.5 Å². The van der Waals surface area contributed by atoms with Crippen LogP contribution in [0.4, 0.5) is 0 Å². The molecule has 0 N–H and O–H groups in total. The van der Waals surface area contributed by atoms with Crippen molar-refractivity contribution in [2.75, 3.05) is 0 Å². The van der Waals surface area contributed by atoms with Gasteiger partial charge in [-0.2, -0.15) is 0 Å². The van der Waals surface area contributed by atoms with Crippen molar-refractivity contribution in [2.24, 2.45) is 0 Å². The van der Waals surface area contributed by atoms with Gasteiger partial charge >= 0.3 is 7.69 Å². The molecular weight excluding hydrogens is 231 g/mol. The molecule has 0 spiro atoms. The van der Waals surface area contributed by atoms with Crippen LogP contribution in [0.1, 0.15) is 5.56 Å². The average Bonchev–Trinajstić information content (AvgIpc) is 2.82. The Labute approximate surface area is 107 Å². The average molecular weight is 244 g/mol. The van der Waals surface area contributed by atoms with E-state index >= 15 is 0 Å². The lowest BCUT2D eigenvalue weighted by molar-refractivity contribution is 0.541. The molecule has 17 heavy (non-hydrogen) atoms. The summed E-state index contributed by atoms with van der Waals surface area (Å²) in [5.41, 5.74) is 1.28. The summed E-state index contributed by atoms with van der Waals surface area (Å²) in [6, 6.07) is 15.7. The van der Waals surface area contributed by atoms with Crippen molar-refractivity contribution >= 4 is 20.3 Å². The first-order valence-corrected chi connectivity index (χ1v) is 5.81. The molecule has 0 amide bonds. The van der Waals surface area contributed by atoms with Crippen molar-refractivity contribution in [2.45, 2.75) is 11.8 Å². The smallest absolute Gasteiger partial charge is 0.526 e. The monoisotopic (exact) mass is 244 g/mol. The molecule has 4 heteroatoms. The minimum Gasteiger partial charge on any atom is -0.526 e. The Morgan fingerprint density at radius 2 is 1.41 bits per heavy atom. The quantitative estimate of drug-likeness (QED) is 0.567. The number of benzene rings is 2. The van der Waals surface area contributed by atoms with E-state index in [1.54, 1.807) is 0 Å². The van der Waals surface area contributed by atoms with Crippen molar-refractivity contribution < 1.29 is 9.31 Å². The Morgan fingerprint density at radius 3 is 1.88 bits per heavy atom. The predicted molar refractivity (Wildman–Crippen MR) is 73.3 cm³/mol. The van der Waals surface area contributed by atoms with Crippen molar-refractivity contribution in [3.05, 3.63) is 54.1 Å². The fraction of sp³-hybridized carbons (Fsp3) is 0.0769. The van der Waals surface area contributed by atoms with Crippen LogP contribution in [0.15, 0.2) is 53.4 Å².